The van der Waals surface area contributed by atoms with E-state index in [9.17, 15) is 4.79 Å². The molecule has 6 heteroatoms. The number of guanidine groups is 1. The lowest BCUT2D eigenvalue weighted by molar-refractivity contribution is -0.136. The SMILES string of the molecule is CCN=C(NC1CCN(C(=O)C(CC)CC)CC1)NC1CC1C1CCCCC1.I. The second kappa shape index (κ2) is 12.4. The highest BCUT2D eigenvalue weighted by molar-refractivity contribution is 14.0. The molecule has 0 aromatic heterocycles. The summed E-state index contributed by atoms with van der Waals surface area (Å²) in [4.78, 5) is 19.4. The van der Waals surface area contributed by atoms with Crippen molar-refractivity contribution in [3.05, 3.63) is 0 Å². The van der Waals surface area contributed by atoms with Crippen LogP contribution in [0.5, 0.6) is 0 Å². The minimum atomic E-state index is 0. The van der Waals surface area contributed by atoms with E-state index in [4.69, 9.17) is 4.99 Å². The number of nitrogens with one attached hydrogen (secondary N) is 2. The number of carbonyl (C=O) groups excluding carboxylic acids is 1. The van der Waals surface area contributed by atoms with Crippen molar-refractivity contribution in [1.29, 1.82) is 0 Å². The van der Waals surface area contributed by atoms with Gasteiger partial charge in [-0.2, -0.15) is 0 Å². The first-order valence-corrected chi connectivity index (χ1v) is 12.0. The highest BCUT2D eigenvalue weighted by atomic mass is 127. The Bertz CT molecular complexity index is 523. The summed E-state index contributed by atoms with van der Waals surface area (Å²) in [6, 6.07) is 1.05. The van der Waals surface area contributed by atoms with Gasteiger partial charge in [-0.1, -0.05) is 46.0 Å². The predicted octanol–water partition coefficient (Wildman–Crippen LogP) is 4.56. The average Bonchev–Trinajstić information content (AvgIpc) is 3.49. The maximum absolute atomic E-state index is 12.6. The highest BCUT2D eigenvalue weighted by Crippen LogP contribution is 2.44. The highest BCUT2D eigenvalue weighted by Gasteiger charge is 2.43. The Morgan fingerprint density at radius 2 is 1.66 bits per heavy atom. The van der Waals surface area contributed by atoms with E-state index in [1.807, 2.05) is 0 Å². The number of piperidine rings is 1. The monoisotopic (exact) mass is 518 g/mol. The van der Waals surface area contributed by atoms with Crippen molar-refractivity contribution in [3.8, 4) is 0 Å². The molecule has 0 radical (unpaired) electrons. The summed E-state index contributed by atoms with van der Waals surface area (Å²) in [6.45, 7) is 8.91. The number of rotatable bonds is 7. The van der Waals surface area contributed by atoms with Gasteiger partial charge in [0.15, 0.2) is 5.96 Å². The van der Waals surface area contributed by atoms with Gasteiger partial charge in [-0.25, -0.2) is 0 Å². The molecular weight excluding hydrogens is 475 g/mol. The maximum atomic E-state index is 12.6. The molecule has 0 bridgehead atoms. The maximum Gasteiger partial charge on any atom is 0.225 e. The van der Waals surface area contributed by atoms with Gasteiger partial charge < -0.3 is 15.5 Å². The predicted molar refractivity (Wildman–Crippen MR) is 132 cm³/mol. The number of hydrogen-bond donors (Lipinski definition) is 2. The molecule has 1 heterocycles. The van der Waals surface area contributed by atoms with Crippen LogP contribution in [0.3, 0.4) is 0 Å². The summed E-state index contributed by atoms with van der Waals surface area (Å²) in [5, 5.41) is 7.38. The molecule has 0 aromatic rings. The van der Waals surface area contributed by atoms with Crippen LogP contribution in [0.25, 0.3) is 0 Å². The van der Waals surface area contributed by atoms with E-state index in [-0.39, 0.29) is 29.9 Å². The first-order chi connectivity index (χ1) is 13.7. The van der Waals surface area contributed by atoms with Crippen molar-refractivity contribution >= 4 is 35.8 Å². The first-order valence-electron chi connectivity index (χ1n) is 12.0. The van der Waals surface area contributed by atoms with E-state index >= 15 is 0 Å². The number of nitrogens with zero attached hydrogens (tertiary/aromatic N) is 2. The van der Waals surface area contributed by atoms with Crippen LogP contribution in [0.2, 0.25) is 0 Å². The molecule has 2 saturated carbocycles. The van der Waals surface area contributed by atoms with E-state index in [0.717, 1.165) is 63.1 Å². The van der Waals surface area contributed by atoms with Crippen LogP contribution in [0.15, 0.2) is 4.99 Å². The van der Waals surface area contributed by atoms with Gasteiger partial charge in [-0.3, -0.25) is 9.79 Å². The van der Waals surface area contributed by atoms with Crippen LogP contribution in [0.1, 0.15) is 85.0 Å². The van der Waals surface area contributed by atoms with Crippen molar-refractivity contribution in [1.82, 2.24) is 15.5 Å². The second-order valence-electron chi connectivity index (χ2n) is 9.13. The first kappa shape index (κ1) is 24.7. The summed E-state index contributed by atoms with van der Waals surface area (Å²) >= 11 is 0. The normalized spacial score (nSPS) is 26.2. The lowest BCUT2D eigenvalue weighted by Gasteiger charge is -2.35. The standard InChI is InChI=1S/C23H42N4O.HI/c1-4-17(5-2)22(28)27-14-12-19(13-15-27)25-23(24-6-3)26-21-16-20(21)18-10-8-7-9-11-18;/h17-21H,4-16H2,1-3H3,(H2,24,25,26);1H. The van der Waals surface area contributed by atoms with Gasteiger partial charge in [0, 0.05) is 37.6 Å². The number of likely N-dealkylation sites (tertiary alicyclic amines) is 1. The molecule has 0 spiro atoms. The van der Waals surface area contributed by atoms with Crippen LogP contribution in [0.4, 0.5) is 0 Å². The molecule has 2 aliphatic carbocycles. The number of halogens is 1. The molecular formula is C23H43IN4O. The van der Waals surface area contributed by atoms with Crippen molar-refractivity contribution in [3.63, 3.8) is 0 Å². The third-order valence-electron chi connectivity index (χ3n) is 7.22. The topological polar surface area (TPSA) is 56.7 Å². The number of carbonyl (C=O) groups is 1. The Labute approximate surface area is 195 Å². The van der Waals surface area contributed by atoms with Crippen LogP contribution in [-0.4, -0.2) is 48.5 Å². The lowest BCUT2D eigenvalue weighted by atomic mass is 9.85. The third-order valence-corrected chi connectivity index (χ3v) is 7.22. The summed E-state index contributed by atoms with van der Waals surface area (Å²) in [7, 11) is 0. The van der Waals surface area contributed by atoms with Gasteiger partial charge in [-0.15, -0.1) is 24.0 Å². The molecule has 0 aromatic carbocycles. The van der Waals surface area contributed by atoms with Gasteiger partial charge in [0.05, 0.1) is 0 Å². The van der Waals surface area contributed by atoms with Gasteiger partial charge in [-0.05, 0) is 50.9 Å². The van der Waals surface area contributed by atoms with Gasteiger partial charge in [0.25, 0.3) is 0 Å². The fourth-order valence-electron chi connectivity index (χ4n) is 5.26. The second-order valence-corrected chi connectivity index (χ2v) is 9.13. The Kier molecular flexibility index (Phi) is 10.5. The minimum Gasteiger partial charge on any atom is -0.354 e. The van der Waals surface area contributed by atoms with E-state index in [1.165, 1.54) is 38.5 Å². The van der Waals surface area contributed by atoms with Crippen molar-refractivity contribution < 1.29 is 4.79 Å². The number of aliphatic imine (C=N–C) groups is 1. The molecule has 1 amide bonds. The lowest BCUT2D eigenvalue weighted by Crippen LogP contribution is -2.51. The number of amides is 1. The largest absolute Gasteiger partial charge is 0.354 e. The Morgan fingerprint density at radius 1 is 1.00 bits per heavy atom. The smallest absolute Gasteiger partial charge is 0.225 e. The molecule has 3 fully saturated rings. The van der Waals surface area contributed by atoms with Crippen LogP contribution >= 0.6 is 24.0 Å². The summed E-state index contributed by atoms with van der Waals surface area (Å²) in [6.07, 6.45) is 12.4. The minimum absolute atomic E-state index is 0. The molecule has 1 saturated heterocycles. The van der Waals surface area contributed by atoms with E-state index < -0.39 is 0 Å². The quantitative estimate of drug-likeness (QED) is 0.295. The van der Waals surface area contributed by atoms with Gasteiger partial charge >= 0.3 is 0 Å². The van der Waals surface area contributed by atoms with E-state index in [2.05, 4.69) is 36.3 Å². The van der Waals surface area contributed by atoms with Crippen LogP contribution in [-0.2, 0) is 4.79 Å². The zero-order valence-electron chi connectivity index (χ0n) is 18.8. The molecule has 2 atom stereocenters. The zero-order chi connectivity index (χ0) is 19.9. The molecule has 2 unspecified atom stereocenters. The average molecular weight is 519 g/mol. The molecule has 5 nitrogen and oxygen atoms in total. The van der Waals surface area contributed by atoms with Crippen LogP contribution in [0, 0.1) is 17.8 Å². The van der Waals surface area contributed by atoms with Crippen molar-refractivity contribution in [2.24, 2.45) is 22.7 Å². The van der Waals surface area contributed by atoms with E-state index in [0.29, 0.717) is 18.0 Å². The Hall–Kier alpha value is -0.530. The fraction of sp³-hybridized carbons (Fsp3) is 0.913. The third kappa shape index (κ3) is 7.00. The van der Waals surface area contributed by atoms with Crippen LogP contribution < -0.4 is 10.6 Å². The Balaban J connectivity index is 0.00000300. The summed E-state index contributed by atoms with van der Waals surface area (Å²) in [5.74, 6) is 3.36. The molecule has 168 valence electrons. The summed E-state index contributed by atoms with van der Waals surface area (Å²) < 4.78 is 0. The van der Waals surface area contributed by atoms with E-state index in [1.54, 1.807) is 0 Å². The zero-order valence-corrected chi connectivity index (χ0v) is 21.1. The van der Waals surface area contributed by atoms with Gasteiger partial charge in [0.2, 0.25) is 5.91 Å². The molecule has 29 heavy (non-hydrogen) atoms. The Morgan fingerprint density at radius 3 is 2.24 bits per heavy atom. The van der Waals surface area contributed by atoms with Crippen molar-refractivity contribution in [2.45, 2.75) is 97.1 Å². The van der Waals surface area contributed by atoms with Gasteiger partial charge in [0.1, 0.15) is 0 Å². The molecule has 2 N–H and O–H groups in total. The molecule has 3 rings (SSSR count). The molecule has 3 aliphatic rings. The fourth-order valence-corrected chi connectivity index (χ4v) is 5.26. The summed E-state index contributed by atoms with van der Waals surface area (Å²) in [5.41, 5.74) is 0. The number of hydrogen-bond acceptors (Lipinski definition) is 2. The molecule has 1 aliphatic heterocycles. The van der Waals surface area contributed by atoms with Crippen molar-refractivity contribution in [2.75, 3.05) is 19.6 Å².